The van der Waals surface area contributed by atoms with Crippen molar-refractivity contribution in [3.05, 3.63) is 53.0 Å². The summed E-state index contributed by atoms with van der Waals surface area (Å²) in [5, 5.41) is 14.8. The average molecular weight is 291 g/mol. The van der Waals surface area contributed by atoms with Gasteiger partial charge in [-0.15, -0.1) is 0 Å². The van der Waals surface area contributed by atoms with Crippen LogP contribution in [-0.2, 0) is 15.6 Å². The Balaban J connectivity index is 2.43. The lowest BCUT2D eigenvalue weighted by atomic mass is 10.0. The van der Waals surface area contributed by atoms with Gasteiger partial charge in [0, 0.05) is 5.57 Å². The molecule has 1 atom stereocenters. The van der Waals surface area contributed by atoms with Gasteiger partial charge in [-0.05, 0) is 17.0 Å². The average Bonchev–Trinajstić information content (AvgIpc) is 2.87. The van der Waals surface area contributed by atoms with Gasteiger partial charge in [-0.3, -0.25) is 0 Å². The maximum Gasteiger partial charge on any atom is 0.169 e. The zero-order valence-corrected chi connectivity index (χ0v) is 11.1. The number of rotatable bonds is 3. The number of nitriles is 1. The highest BCUT2D eigenvalue weighted by Gasteiger charge is 2.18. The van der Waals surface area contributed by atoms with Gasteiger partial charge in [0.15, 0.2) is 11.4 Å². The Morgan fingerprint density at radius 2 is 2.16 bits per heavy atom. The molecule has 1 heterocycles. The van der Waals surface area contributed by atoms with Crippen LogP contribution in [0, 0.1) is 11.3 Å². The molecule has 1 aliphatic rings. The van der Waals surface area contributed by atoms with Crippen LogP contribution in [0.5, 0.6) is 0 Å². The van der Waals surface area contributed by atoms with E-state index in [9.17, 15) is 14.0 Å². The molecule has 0 saturated heterocycles. The summed E-state index contributed by atoms with van der Waals surface area (Å²) in [6, 6.07) is 11.2. The largest absolute Gasteiger partial charge is 0.738 e. The molecule has 1 aliphatic heterocycles. The summed E-state index contributed by atoms with van der Waals surface area (Å²) in [6.07, 6.45) is 1.70. The number of thioether (sulfide) groups is 1. The van der Waals surface area contributed by atoms with Crippen molar-refractivity contribution >= 4 is 33.7 Å². The standard InChI is InChI=1S/C12H8N2O3S2/c13-8-11(9-4-2-1-3-5-9)10-6-7-18-12(10)14-17-19(15)16/h1-7H,(H,15,16)/p-1/b11-10+,14-12-. The zero-order valence-electron chi connectivity index (χ0n) is 9.48. The van der Waals surface area contributed by atoms with Crippen LogP contribution in [0.1, 0.15) is 5.56 Å². The molecule has 96 valence electrons. The fourth-order valence-electron chi connectivity index (χ4n) is 1.51. The minimum atomic E-state index is -2.72. The molecule has 2 rings (SSSR count). The van der Waals surface area contributed by atoms with E-state index in [2.05, 4.69) is 15.5 Å². The summed E-state index contributed by atoms with van der Waals surface area (Å²) < 4.78 is 24.9. The number of oxime groups is 1. The molecule has 7 heteroatoms. The number of nitrogens with zero attached hydrogens (tertiary/aromatic N) is 2. The predicted octanol–water partition coefficient (Wildman–Crippen LogP) is 2.35. The van der Waals surface area contributed by atoms with Crippen LogP contribution in [0.15, 0.2) is 52.5 Å². The van der Waals surface area contributed by atoms with Gasteiger partial charge >= 0.3 is 0 Å². The van der Waals surface area contributed by atoms with E-state index in [1.54, 1.807) is 23.6 Å². The second-order valence-corrected chi connectivity index (χ2v) is 4.81. The molecule has 0 spiro atoms. The Bertz CT molecular complexity index is 630. The van der Waals surface area contributed by atoms with Gasteiger partial charge in [0.2, 0.25) is 0 Å². The van der Waals surface area contributed by atoms with Crippen LogP contribution >= 0.6 is 11.8 Å². The minimum absolute atomic E-state index is 0.338. The third-order valence-corrected chi connectivity index (χ3v) is 3.26. The molecule has 1 aromatic carbocycles. The third-order valence-electron chi connectivity index (χ3n) is 2.27. The van der Waals surface area contributed by atoms with Gasteiger partial charge in [0.05, 0.1) is 5.57 Å². The number of hydrogen-bond acceptors (Lipinski definition) is 6. The molecule has 0 fully saturated rings. The lowest BCUT2D eigenvalue weighted by Gasteiger charge is -2.05. The minimum Gasteiger partial charge on any atom is -0.738 e. The highest BCUT2D eigenvalue weighted by atomic mass is 32.2. The van der Waals surface area contributed by atoms with E-state index in [0.717, 1.165) is 5.56 Å². The molecule has 5 nitrogen and oxygen atoms in total. The molecule has 0 radical (unpaired) electrons. The summed E-state index contributed by atoms with van der Waals surface area (Å²) >= 11 is -1.53. The Morgan fingerprint density at radius 1 is 1.42 bits per heavy atom. The first-order chi connectivity index (χ1) is 9.22. The van der Waals surface area contributed by atoms with Gasteiger partial charge in [0.1, 0.15) is 11.1 Å². The Hall–Kier alpha value is -1.88. The fourth-order valence-corrected chi connectivity index (χ4v) is 2.40. The summed E-state index contributed by atoms with van der Waals surface area (Å²) in [5.74, 6) is 0. The Kier molecular flexibility index (Phi) is 4.52. The van der Waals surface area contributed by atoms with E-state index < -0.39 is 11.4 Å². The molecule has 1 aromatic rings. The lowest BCUT2D eigenvalue weighted by molar-refractivity contribution is 0.319. The van der Waals surface area contributed by atoms with E-state index in [1.807, 2.05) is 18.2 Å². The molecule has 0 bridgehead atoms. The molecule has 0 aromatic heterocycles. The Labute approximate surface area is 116 Å². The van der Waals surface area contributed by atoms with Crippen molar-refractivity contribution in [1.29, 1.82) is 5.26 Å². The summed E-state index contributed by atoms with van der Waals surface area (Å²) in [6.45, 7) is 0. The van der Waals surface area contributed by atoms with Crippen molar-refractivity contribution in [2.24, 2.45) is 5.16 Å². The van der Waals surface area contributed by atoms with Crippen molar-refractivity contribution in [2.75, 3.05) is 0 Å². The number of allylic oxidation sites excluding steroid dienone is 2. The highest BCUT2D eigenvalue weighted by molar-refractivity contribution is 8.17. The van der Waals surface area contributed by atoms with E-state index in [1.165, 1.54) is 11.8 Å². The van der Waals surface area contributed by atoms with Crippen LogP contribution in [0.3, 0.4) is 0 Å². The van der Waals surface area contributed by atoms with Crippen LogP contribution in [0.25, 0.3) is 5.57 Å². The molecule has 19 heavy (non-hydrogen) atoms. The molecule has 0 aliphatic carbocycles. The first-order valence-electron chi connectivity index (χ1n) is 5.10. The molecule has 0 saturated carbocycles. The quantitative estimate of drug-likeness (QED) is 0.485. The van der Waals surface area contributed by atoms with Gasteiger partial charge in [-0.2, -0.15) is 5.26 Å². The predicted molar refractivity (Wildman–Crippen MR) is 73.1 cm³/mol. The second-order valence-electron chi connectivity index (χ2n) is 3.36. The van der Waals surface area contributed by atoms with Gasteiger partial charge in [-0.1, -0.05) is 47.2 Å². The fraction of sp³-hybridized carbons (Fsp3) is 0. The summed E-state index contributed by atoms with van der Waals surface area (Å²) in [4.78, 5) is 0. The van der Waals surface area contributed by atoms with E-state index >= 15 is 0 Å². The van der Waals surface area contributed by atoms with Crippen molar-refractivity contribution in [2.45, 2.75) is 0 Å². The summed E-state index contributed by atoms with van der Waals surface area (Å²) in [5.41, 5.74) is 1.70. The van der Waals surface area contributed by atoms with Crippen molar-refractivity contribution in [3.8, 4) is 6.07 Å². The maximum absolute atomic E-state index is 10.3. The van der Waals surface area contributed by atoms with Gasteiger partial charge in [0.25, 0.3) is 0 Å². The molecule has 0 N–H and O–H groups in total. The molecule has 1 unspecified atom stereocenters. The monoisotopic (exact) mass is 291 g/mol. The number of benzene rings is 1. The van der Waals surface area contributed by atoms with Crippen LogP contribution in [0.4, 0.5) is 0 Å². The zero-order chi connectivity index (χ0) is 13.7. The van der Waals surface area contributed by atoms with E-state index in [4.69, 9.17) is 0 Å². The van der Waals surface area contributed by atoms with Gasteiger partial charge < -0.3 is 8.84 Å². The van der Waals surface area contributed by atoms with Crippen LogP contribution < -0.4 is 0 Å². The van der Waals surface area contributed by atoms with Crippen LogP contribution in [-0.4, -0.2) is 13.8 Å². The molecular formula is C12H7N2O3S2-. The molecular weight excluding hydrogens is 284 g/mol. The van der Waals surface area contributed by atoms with Crippen LogP contribution in [0.2, 0.25) is 0 Å². The second kappa shape index (κ2) is 6.33. The van der Waals surface area contributed by atoms with E-state index in [0.29, 0.717) is 16.2 Å². The van der Waals surface area contributed by atoms with Gasteiger partial charge in [-0.25, -0.2) is 4.21 Å². The first kappa shape index (κ1) is 13.5. The SMILES string of the molecule is N#C/C(=C1/C=CS/C1=N\OS(=O)[O-])c1ccccc1. The summed E-state index contributed by atoms with van der Waals surface area (Å²) in [7, 11) is 0. The smallest absolute Gasteiger partial charge is 0.169 e. The highest BCUT2D eigenvalue weighted by Crippen LogP contribution is 2.30. The first-order valence-corrected chi connectivity index (χ1v) is 6.98. The third kappa shape index (κ3) is 3.32. The van der Waals surface area contributed by atoms with Crippen molar-refractivity contribution < 1.29 is 13.0 Å². The Morgan fingerprint density at radius 3 is 2.79 bits per heavy atom. The maximum atomic E-state index is 10.3. The normalized spacial score (nSPS) is 20.1. The van der Waals surface area contributed by atoms with Crippen molar-refractivity contribution in [3.63, 3.8) is 0 Å². The molecule has 0 amide bonds. The number of hydrogen-bond donors (Lipinski definition) is 0. The van der Waals surface area contributed by atoms with Crippen molar-refractivity contribution in [1.82, 2.24) is 0 Å². The van der Waals surface area contributed by atoms with E-state index in [-0.39, 0.29) is 0 Å². The topological polar surface area (TPSA) is 85.5 Å². The lowest BCUT2D eigenvalue weighted by Crippen LogP contribution is -1.98.